The van der Waals surface area contributed by atoms with E-state index in [1.807, 2.05) is 66.7 Å². The van der Waals surface area contributed by atoms with Gasteiger partial charge < -0.3 is 5.11 Å². The van der Waals surface area contributed by atoms with Crippen LogP contribution >= 0.6 is 22.7 Å². The van der Waals surface area contributed by atoms with Crippen molar-refractivity contribution in [2.45, 2.75) is 32.6 Å². The van der Waals surface area contributed by atoms with E-state index in [1.54, 1.807) is 4.90 Å². The number of nitrogens with zero attached hydrogens (tertiary/aromatic N) is 3. The van der Waals surface area contributed by atoms with Crippen LogP contribution in [0.4, 0.5) is 15.6 Å². The van der Waals surface area contributed by atoms with Crippen LogP contribution in [0.15, 0.2) is 66.7 Å². The quantitative estimate of drug-likeness (QED) is 0.230. The molecule has 0 saturated carbocycles. The Labute approximate surface area is 233 Å². The first-order chi connectivity index (χ1) is 18.9. The lowest BCUT2D eigenvalue weighted by Gasteiger charge is -2.29. The van der Waals surface area contributed by atoms with Gasteiger partial charge in [0.05, 0.1) is 15.1 Å². The molecule has 0 fully saturated rings. The summed E-state index contributed by atoms with van der Waals surface area (Å²) in [5, 5.41) is 14.0. The van der Waals surface area contributed by atoms with Crippen molar-refractivity contribution in [3.8, 4) is 21.0 Å². The zero-order valence-corrected chi connectivity index (χ0v) is 23.1. The van der Waals surface area contributed by atoms with E-state index in [-0.39, 0.29) is 11.7 Å². The Morgan fingerprint density at radius 3 is 2.49 bits per heavy atom. The number of amides is 2. The van der Waals surface area contributed by atoms with Gasteiger partial charge >= 0.3 is 12.0 Å². The van der Waals surface area contributed by atoms with E-state index in [2.05, 4.69) is 29.1 Å². The lowest BCUT2D eigenvalue weighted by atomic mass is 10.00. The Morgan fingerprint density at radius 2 is 1.74 bits per heavy atom. The number of para-hydroxylation sites is 1. The molecule has 3 heterocycles. The van der Waals surface area contributed by atoms with Crippen molar-refractivity contribution >= 4 is 55.7 Å². The molecule has 0 saturated heterocycles. The maximum absolute atomic E-state index is 13.4. The number of carboxylic acid groups (broad SMARTS) is 1. The van der Waals surface area contributed by atoms with Gasteiger partial charge in [0.25, 0.3) is 0 Å². The molecule has 0 spiro atoms. The molecule has 2 aromatic heterocycles. The third kappa shape index (κ3) is 4.91. The van der Waals surface area contributed by atoms with E-state index in [0.717, 1.165) is 45.4 Å². The number of carbonyl (C=O) groups excluding carboxylic acids is 1. The Kier molecular flexibility index (Phi) is 6.62. The van der Waals surface area contributed by atoms with Crippen LogP contribution in [0.25, 0.3) is 31.2 Å². The number of anilines is 2. The standard InChI is InChI=1S/C30H26N4O3S2/c1-17(2)18-9-12-20(13-10-18)26-25(28(35)36)32-27(39-26)21-14-11-19-6-5-15-34(23(19)16-21)30(37)33-29-31-22-7-3-4-8-24(22)38-29/h3-4,7-14,16-17H,5-6,15H2,1-2H3,(H,35,36)(H,31,33,37). The van der Waals surface area contributed by atoms with Crippen molar-refractivity contribution in [1.29, 1.82) is 0 Å². The number of hydrogen-bond acceptors (Lipinski definition) is 6. The number of aryl methyl sites for hydroxylation is 1. The summed E-state index contributed by atoms with van der Waals surface area (Å²) in [6.07, 6.45) is 1.72. The van der Waals surface area contributed by atoms with Gasteiger partial charge in [0, 0.05) is 17.8 Å². The van der Waals surface area contributed by atoms with Crippen LogP contribution in [0, 0.1) is 0 Å². The summed E-state index contributed by atoms with van der Waals surface area (Å²) in [6, 6.07) is 21.5. The predicted molar refractivity (Wildman–Crippen MR) is 158 cm³/mol. The number of carbonyl (C=O) groups is 2. The molecule has 2 N–H and O–H groups in total. The molecular formula is C30H26N4O3S2. The molecule has 1 aliphatic rings. The summed E-state index contributed by atoms with van der Waals surface area (Å²) in [4.78, 5) is 36.9. The van der Waals surface area contributed by atoms with Crippen LogP contribution in [0.1, 0.15) is 47.8 Å². The predicted octanol–water partition coefficient (Wildman–Crippen LogP) is 7.89. The Balaban J connectivity index is 1.32. The largest absolute Gasteiger partial charge is 0.476 e. The van der Waals surface area contributed by atoms with E-state index in [9.17, 15) is 14.7 Å². The molecule has 0 unspecified atom stereocenters. The first-order valence-corrected chi connectivity index (χ1v) is 14.4. The average Bonchev–Trinajstić information content (AvgIpc) is 3.57. The van der Waals surface area contributed by atoms with Gasteiger partial charge in [-0.25, -0.2) is 19.6 Å². The molecule has 0 bridgehead atoms. The van der Waals surface area contributed by atoms with E-state index in [1.165, 1.54) is 28.2 Å². The SMILES string of the molecule is CC(C)c1ccc(-c2sc(-c3ccc4c(c3)N(C(=O)Nc3nc5ccccc5s3)CCC4)nc2C(=O)O)cc1. The second kappa shape index (κ2) is 10.2. The number of rotatable bonds is 5. The zero-order chi connectivity index (χ0) is 27.1. The highest BCUT2D eigenvalue weighted by Crippen LogP contribution is 2.39. The van der Waals surface area contributed by atoms with Gasteiger partial charge in [0.1, 0.15) is 5.01 Å². The van der Waals surface area contributed by atoms with Crippen LogP contribution in [-0.2, 0) is 6.42 Å². The third-order valence-electron chi connectivity index (χ3n) is 6.87. The minimum Gasteiger partial charge on any atom is -0.476 e. The van der Waals surface area contributed by atoms with Gasteiger partial charge in [-0.3, -0.25) is 10.2 Å². The van der Waals surface area contributed by atoms with E-state index >= 15 is 0 Å². The first-order valence-electron chi connectivity index (χ1n) is 12.8. The maximum Gasteiger partial charge on any atom is 0.356 e. The van der Waals surface area contributed by atoms with Gasteiger partial charge in [0.2, 0.25) is 0 Å². The monoisotopic (exact) mass is 554 g/mol. The molecule has 6 rings (SSSR count). The summed E-state index contributed by atoms with van der Waals surface area (Å²) in [7, 11) is 0. The second-order valence-corrected chi connectivity index (χ2v) is 11.8. The topological polar surface area (TPSA) is 95.4 Å². The van der Waals surface area contributed by atoms with Gasteiger partial charge in [-0.15, -0.1) is 11.3 Å². The van der Waals surface area contributed by atoms with Gasteiger partial charge in [-0.05, 0) is 53.6 Å². The van der Waals surface area contributed by atoms with Crippen molar-refractivity contribution in [2.75, 3.05) is 16.8 Å². The number of nitrogens with one attached hydrogen (secondary N) is 1. The summed E-state index contributed by atoms with van der Waals surface area (Å²) < 4.78 is 1.02. The number of thiazole rings is 2. The summed E-state index contributed by atoms with van der Waals surface area (Å²) in [5.74, 6) is -0.671. The minimum absolute atomic E-state index is 0.0375. The highest BCUT2D eigenvalue weighted by Gasteiger charge is 2.26. The van der Waals surface area contributed by atoms with Crippen LogP contribution in [0.3, 0.4) is 0 Å². The molecule has 0 aliphatic carbocycles. The molecule has 9 heteroatoms. The summed E-state index contributed by atoms with van der Waals surface area (Å²) in [6.45, 7) is 4.83. The van der Waals surface area contributed by atoms with Crippen molar-refractivity contribution in [2.24, 2.45) is 0 Å². The van der Waals surface area contributed by atoms with Crippen molar-refractivity contribution in [1.82, 2.24) is 9.97 Å². The first kappa shape index (κ1) is 25.2. The van der Waals surface area contributed by atoms with Gasteiger partial charge in [-0.2, -0.15) is 0 Å². The Morgan fingerprint density at radius 1 is 0.974 bits per heavy atom. The molecule has 3 aromatic carbocycles. The molecular weight excluding hydrogens is 528 g/mol. The minimum atomic E-state index is -1.06. The molecule has 0 radical (unpaired) electrons. The molecule has 0 atom stereocenters. The fraction of sp³-hybridized carbons (Fsp3) is 0.200. The third-order valence-corrected chi connectivity index (χ3v) is 8.98. The second-order valence-electron chi connectivity index (χ2n) is 9.79. The molecule has 7 nitrogen and oxygen atoms in total. The summed E-state index contributed by atoms with van der Waals surface area (Å²) in [5.41, 5.74) is 5.58. The number of aromatic nitrogens is 2. The van der Waals surface area contributed by atoms with Gasteiger partial charge in [-0.1, -0.05) is 73.7 Å². The van der Waals surface area contributed by atoms with E-state index in [0.29, 0.717) is 27.5 Å². The lowest BCUT2D eigenvalue weighted by Crippen LogP contribution is -2.38. The number of carboxylic acids is 1. The fourth-order valence-electron chi connectivity index (χ4n) is 4.81. The smallest absolute Gasteiger partial charge is 0.356 e. The van der Waals surface area contributed by atoms with Crippen molar-refractivity contribution in [3.63, 3.8) is 0 Å². The molecule has 5 aromatic rings. The Hall–Kier alpha value is -4.08. The molecule has 1 aliphatic heterocycles. The number of benzene rings is 3. The normalized spacial score (nSPS) is 13.1. The highest BCUT2D eigenvalue weighted by atomic mass is 32.1. The number of hydrogen-bond donors (Lipinski definition) is 2. The van der Waals surface area contributed by atoms with Crippen LogP contribution in [0.5, 0.6) is 0 Å². The zero-order valence-electron chi connectivity index (χ0n) is 21.5. The molecule has 2 amide bonds. The molecule has 39 heavy (non-hydrogen) atoms. The van der Waals surface area contributed by atoms with Crippen molar-refractivity contribution in [3.05, 3.63) is 83.6 Å². The van der Waals surface area contributed by atoms with Gasteiger partial charge in [0.15, 0.2) is 10.8 Å². The van der Waals surface area contributed by atoms with Crippen molar-refractivity contribution < 1.29 is 14.7 Å². The molecule has 196 valence electrons. The van der Waals surface area contributed by atoms with Crippen LogP contribution in [0.2, 0.25) is 0 Å². The number of aromatic carboxylic acids is 1. The van der Waals surface area contributed by atoms with Crippen LogP contribution in [-0.4, -0.2) is 33.6 Å². The van der Waals surface area contributed by atoms with E-state index in [4.69, 9.17) is 0 Å². The number of urea groups is 1. The lowest BCUT2D eigenvalue weighted by molar-refractivity contribution is 0.0692. The fourth-order valence-corrected chi connectivity index (χ4v) is 6.72. The summed E-state index contributed by atoms with van der Waals surface area (Å²) >= 11 is 2.80. The van der Waals surface area contributed by atoms with Crippen LogP contribution < -0.4 is 10.2 Å². The number of fused-ring (bicyclic) bond motifs is 2. The highest BCUT2D eigenvalue weighted by molar-refractivity contribution is 7.22. The Bertz CT molecular complexity index is 1670. The van der Waals surface area contributed by atoms with E-state index < -0.39 is 5.97 Å². The average molecular weight is 555 g/mol. The maximum atomic E-state index is 13.4.